The molecule has 0 aliphatic heterocycles. The molecule has 122 valence electrons. The fourth-order valence-corrected chi connectivity index (χ4v) is 2.37. The van der Waals surface area contributed by atoms with E-state index in [1.54, 1.807) is 12.5 Å². The lowest BCUT2D eigenvalue weighted by atomic mass is 10.1. The summed E-state index contributed by atoms with van der Waals surface area (Å²) in [5.74, 6) is -1.31. The van der Waals surface area contributed by atoms with Gasteiger partial charge in [0.15, 0.2) is 0 Å². The number of amides is 1. The Morgan fingerprint density at radius 1 is 1.30 bits per heavy atom. The molecule has 0 radical (unpaired) electrons. The number of rotatable bonds is 8. The summed E-state index contributed by atoms with van der Waals surface area (Å²) < 4.78 is 1.89. The Morgan fingerprint density at radius 2 is 2.04 bits per heavy atom. The van der Waals surface area contributed by atoms with Gasteiger partial charge in [-0.2, -0.15) is 0 Å². The van der Waals surface area contributed by atoms with Crippen molar-refractivity contribution in [2.75, 3.05) is 0 Å². The molecule has 6 heteroatoms. The van der Waals surface area contributed by atoms with Crippen LogP contribution in [0.5, 0.6) is 0 Å². The molecule has 1 aromatic carbocycles. The summed E-state index contributed by atoms with van der Waals surface area (Å²) in [5, 5.41) is 11.7. The highest BCUT2D eigenvalue weighted by molar-refractivity contribution is 5.84. The molecule has 6 nitrogen and oxygen atoms in total. The van der Waals surface area contributed by atoms with Crippen LogP contribution in [0.25, 0.3) is 0 Å². The van der Waals surface area contributed by atoms with Crippen molar-refractivity contribution < 1.29 is 14.7 Å². The van der Waals surface area contributed by atoms with Crippen LogP contribution in [0.4, 0.5) is 0 Å². The van der Waals surface area contributed by atoms with Crippen molar-refractivity contribution >= 4 is 11.9 Å². The van der Waals surface area contributed by atoms with Gasteiger partial charge in [0, 0.05) is 18.4 Å². The first-order valence-corrected chi connectivity index (χ1v) is 7.65. The van der Waals surface area contributed by atoms with Crippen molar-refractivity contribution in [3.8, 4) is 0 Å². The lowest BCUT2D eigenvalue weighted by Gasteiger charge is -2.14. The third kappa shape index (κ3) is 4.95. The van der Waals surface area contributed by atoms with E-state index in [0.29, 0.717) is 19.4 Å². The van der Waals surface area contributed by atoms with Crippen LogP contribution in [0, 0.1) is 0 Å². The lowest BCUT2D eigenvalue weighted by molar-refractivity contribution is -0.141. The molecule has 0 spiro atoms. The van der Waals surface area contributed by atoms with Crippen molar-refractivity contribution in [3.05, 3.63) is 54.1 Å². The maximum absolute atomic E-state index is 12.1. The summed E-state index contributed by atoms with van der Waals surface area (Å²) in [7, 11) is 0. The largest absolute Gasteiger partial charge is 0.480 e. The van der Waals surface area contributed by atoms with Gasteiger partial charge in [-0.25, -0.2) is 9.78 Å². The fourth-order valence-electron chi connectivity index (χ4n) is 2.37. The molecule has 0 aliphatic rings. The van der Waals surface area contributed by atoms with Crippen LogP contribution < -0.4 is 5.32 Å². The minimum absolute atomic E-state index is 0.111. The van der Waals surface area contributed by atoms with Gasteiger partial charge in [0.25, 0.3) is 0 Å². The predicted molar refractivity (Wildman–Crippen MR) is 85.9 cm³/mol. The lowest BCUT2D eigenvalue weighted by Crippen LogP contribution is -2.41. The van der Waals surface area contributed by atoms with Crippen LogP contribution in [0.1, 0.15) is 31.0 Å². The molecule has 2 N–H and O–H groups in total. The van der Waals surface area contributed by atoms with Crippen LogP contribution in [0.2, 0.25) is 0 Å². The van der Waals surface area contributed by atoms with E-state index >= 15 is 0 Å². The molecule has 0 fully saturated rings. The third-order valence-corrected chi connectivity index (χ3v) is 3.55. The Balaban J connectivity index is 1.99. The predicted octanol–water partition coefficient (Wildman–Crippen LogP) is 1.84. The zero-order chi connectivity index (χ0) is 16.7. The Kier molecular flexibility index (Phi) is 5.91. The summed E-state index contributed by atoms with van der Waals surface area (Å²) in [6.07, 6.45) is 4.54. The summed E-state index contributed by atoms with van der Waals surface area (Å²) in [6.45, 7) is 2.51. The zero-order valence-corrected chi connectivity index (χ0v) is 13.1. The number of nitrogens with zero attached hydrogens (tertiary/aromatic N) is 2. The second kappa shape index (κ2) is 8.12. The highest BCUT2D eigenvalue weighted by Gasteiger charge is 2.19. The van der Waals surface area contributed by atoms with Gasteiger partial charge in [-0.15, -0.1) is 0 Å². The molecule has 0 bridgehead atoms. The molecule has 1 aromatic heterocycles. The molecule has 2 aromatic rings. The average Bonchev–Trinajstić information content (AvgIpc) is 2.94. The van der Waals surface area contributed by atoms with E-state index in [-0.39, 0.29) is 12.3 Å². The number of carbonyl (C=O) groups excluding carboxylic acids is 1. The number of carboxylic acids is 1. The van der Waals surface area contributed by atoms with E-state index in [2.05, 4.69) is 10.3 Å². The molecule has 0 aliphatic carbocycles. The minimum atomic E-state index is -1.00. The van der Waals surface area contributed by atoms with Crippen molar-refractivity contribution in [1.82, 2.24) is 14.9 Å². The normalized spacial score (nSPS) is 11.9. The topological polar surface area (TPSA) is 84.2 Å². The first-order chi connectivity index (χ1) is 11.1. The van der Waals surface area contributed by atoms with Crippen molar-refractivity contribution in [3.63, 3.8) is 0 Å². The van der Waals surface area contributed by atoms with E-state index in [0.717, 1.165) is 11.3 Å². The quantitative estimate of drug-likeness (QED) is 0.778. The molecule has 2 rings (SSSR count). The summed E-state index contributed by atoms with van der Waals surface area (Å²) in [4.78, 5) is 27.3. The van der Waals surface area contributed by atoms with Crippen LogP contribution >= 0.6 is 0 Å². The number of hydrogen-bond acceptors (Lipinski definition) is 3. The number of carboxylic acid groups (broad SMARTS) is 1. The first kappa shape index (κ1) is 16.7. The minimum Gasteiger partial charge on any atom is -0.480 e. The Labute approximate surface area is 135 Å². The highest BCUT2D eigenvalue weighted by Crippen LogP contribution is 2.07. The van der Waals surface area contributed by atoms with Gasteiger partial charge in [0.05, 0.1) is 12.7 Å². The smallest absolute Gasteiger partial charge is 0.326 e. The summed E-state index contributed by atoms with van der Waals surface area (Å²) >= 11 is 0. The molecule has 1 amide bonds. The molecular formula is C17H21N3O3. The highest BCUT2D eigenvalue weighted by atomic mass is 16.4. The van der Waals surface area contributed by atoms with Crippen molar-refractivity contribution in [2.45, 2.75) is 38.8 Å². The van der Waals surface area contributed by atoms with Crippen LogP contribution in [-0.4, -0.2) is 32.6 Å². The number of aliphatic carboxylic acids is 1. The second-order valence-electron chi connectivity index (χ2n) is 5.42. The number of benzene rings is 1. The fraction of sp³-hybridized carbons (Fsp3) is 0.353. The van der Waals surface area contributed by atoms with E-state index in [4.69, 9.17) is 5.11 Å². The van der Waals surface area contributed by atoms with Gasteiger partial charge in [0.1, 0.15) is 6.04 Å². The maximum Gasteiger partial charge on any atom is 0.326 e. The van der Waals surface area contributed by atoms with E-state index in [9.17, 15) is 9.59 Å². The van der Waals surface area contributed by atoms with Gasteiger partial charge in [-0.1, -0.05) is 43.7 Å². The molecule has 0 saturated carbocycles. The summed E-state index contributed by atoms with van der Waals surface area (Å²) in [5.41, 5.74) is 1.87. The third-order valence-electron chi connectivity index (χ3n) is 3.55. The number of nitrogens with one attached hydrogen (secondary N) is 1. The number of carbonyl (C=O) groups is 2. The monoisotopic (exact) mass is 315 g/mol. The second-order valence-corrected chi connectivity index (χ2v) is 5.42. The number of imidazole rings is 1. The van der Waals surface area contributed by atoms with Crippen molar-refractivity contribution in [2.24, 2.45) is 0 Å². The van der Waals surface area contributed by atoms with Crippen LogP contribution in [0.15, 0.2) is 42.9 Å². The maximum atomic E-state index is 12.1. The molecular weight excluding hydrogens is 294 g/mol. The standard InChI is InChI=1S/C17H21N3O3/c1-2-6-15(17(22)23)19-16(21)9-14-10-18-12-20(14)11-13-7-4-3-5-8-13/h3-5,7-8,10,12,15H,2,6,9,11H2,1H3,(H,19,21)(H,22,23). The van der Waals surface area contributed by atoms with Gasteiger partial charge in [-0.3, -0.25) is 4.79 Å². The molecule has 0 saturated heterocycles. The summed E-state index contributed by atoms with van der Waals surface area (Å²) in [6, 6.07) is 9.04. The van der Waals surface area contributed by atoms with Gasteiger partial charge >= 0.3 is 5.97 Å². The first-order valence-electron chi connectivity index (χ1n) is 7.65. The molecule has 1 atom stereocenters. The Morgan fingerprint density at radius 3 is 2.70 bits per heavy atom. The van der Waals surface area contributed by atoms with Gasteiger partial charge in [0.2, 0.25) is 5.91 Å². The average molecular weight is 315 g/mol. The SMILES string of the molecule is CCCC(NC(=O)Cc1cncn1Cc1ccccc1)C(=O)O. The molecule has 1 unspecified atom stereocenters. The van der Waals surface area contributed by atoms with Crippen LogP contribution in [0.3, 0.4) is 0 Å². The van der Waals surface area contributed by atoms with Crippen LogP contribution in [-0.2, 0) is 22.6 Å². The Hall–Kier alpha value is -2.63. The molecule has 23 heavy (non-hydrogen) atoms. The number of aromatic nitrogens is 2. The Bertz CT molecular complexity index is 652. The van der Waals surface area contributed by atoms with Crippen molar-refractivity contribution in [1.29, 1.82) is 0 Å². The van der Waals surface area contributed by atoms with E-state index < -0.39 is 12.0 Å². The molecule has 1 heterocycles. The van der Waals surface area contributed by atoms with E-state index in [1.807, 2.05) is 41.8 Å². The van der Waals surface area contributed by atoms with Gasteiger partial charge < -0.3 is 15.0 Å². The zero-order valence-electron chi connectivity index (χ0n) is 13.1. The number of hydrogen-bond donors (Lipinski definition) is 2. The van der Waals surface area contributed by atoms with E-state index in [1.165, 1.54) is 0 Å². The van der Waals surface area contributed by atoms with Gasteiger partial charge in [-0.05, 0) is 12.0 Å².